The zero-order valence-corrected chi connectivity index (χ0v) is 12.9. The summed E-state index contributed by atoms with van der Waals surface area (Å²) in [5, 5.41) is 11.0. The zero-order chi connectivity index (χ0) is 16.4. The Hall–Kier alpha value is -2.48. The lowest BCUT2D eigenvalue weighted by Crippen LogP contribution is -2.07. The van der Waals surface area contributed by atoms with E-state index in [2.05, 4.69) is 4.99 Å². The molecule has 7 nitrogen and oxygen atoms in total. The molecule has 0 radical (unpaired) electrons. The normalized spacial score (nSPS) is 20.1. The van der Waals surface area contributed by atoms with Crippen LogP contribution in [0.5, 0.6) is 0 Å². The lowest BCUT2D eigenvalue weighted by atomic mass is 10.1. The van der Waals surface area contributed by atoms with E-state index in [1.807, 2.05) is 0 Å². The van der Waals surface area contributed by atoms with Crippen molar-refractivity contribution in [3.05, 3.63) is 52.3 Å². The SMILES string of the molecule is O=[N+]([O-])c1ccccc1-c1ccc(C=N[C@@H]2CCS(=O)(=O)C2)o1. The Labute approximate surface area is 132 Å². The Bertz CT molecular complexity index is 869. The van der Waals surface area contributed by atoms with E-state index in [1.54, 1.807) is 30.3 Å². The highest BCUT2D eigenvalue weighted by Crippen LogP contribution is 2.30. The number of benzene rings is 1. The standard InChI is InChI=1S/C15H14N2O5S/c18-17(19)14-4-2-1-3-13(14)15-6-5-12(22-15)9-16-11-7-8-23(20,21)10-11/h1-6,9,11H,7-8,10H2/t11-/m1/s1. The molecule has 0 amide bonds. The van der Waals surface area contributed by atoms with Gasteiger partial charge in [-0.1, -0.05) is 12.1 Å². The highest BCUT2D eigenvalue weighted by atomic mass is 32.2. The summed E-state index contributed by atoms with van der Waals surface area (Å²) >= 11 is 0. The molecule has 1 aromatic carbocycles. The summed E-state index contributed by atoms with van der Waals surface area (Å²) in [6.07, 6.45) is 1.99. The van der Waals surface area contributed by atoms with E-state index in [9.17, 15) is 18.5 Å². The van der Waals surface area contributed by atoms with Crippen LogP contribution >= 0.6 is 0 Å². The highest BCUT2D eigenvalue weighted by molar-refractivity contribution is 7.91. The van der Waals surface area contributed by atoms with Gasteiger partial charge in [0.2, 0.25) is 0 Å². The van der Waals surface area contributed by atoms with Gasteiger partial charge >= 0.3 is 0 Å². The maximum absolute atomic E-state index is 11.4. The van der Waals surface area contributed by atoms with Crippen LogP contribution in [0.15, 0.2) is 45.8 Å². The van der Waals surface area contributed by atoms with Crippen LogP contribution in [0, 0.1) is 10.1 Å². The van der Waals surface area contributed by atoms with Crippen molar-refractivity contribution in [3.63, 3.8) is 0 Å². The predicted molar refractivity (Wildman–Crippen MR) is 85.5 cm³/mol. The molecule has 1 aromatic heterocycles. The first-order valence-corrected chi connectivity index (χ1v) is 8.84. The fraction of sp³-hybridized carbons (Fsp3) is 0.267. The fourth-order valence-electron chi connectivity index (χ4n) is 2.48. The molecular weight excluding hydrogens is 320 g/mol. The predicted octanol–water partition coefficient (Wildman–Crippen LogP) is 2.46. The minimum absolute atomic E-state index is 0.0350. The monoisotopic (exact) mass is 334 g/mol. The van der Waals surface area contributed by atoms with E-state index in [4.69, 9.17) is 4.42 Å². The molecule has 0 spiro atoms. The minimum Gasteiger partial charge on any atom is -0.455 e. The van der Waals surface area contributed by atoms with Gasteiger partial charge in [-0.05, 0) is 24.6 Å². The molecular formula is C15H14N2O5S. The summed E-state index contributed by atoms with van der Waals surface area (Å²) in [4.78, 5) is 14.8. The van der Waals surface area contributed by atoms with Gasteiger partial charge in [0.15, 0.2) is 9.84 Å². The molecule has 1 aliphatic heterocycles. The third-order valence-corrected chi connectivity index (χ3v) is 5.36. The molecule has 8 heteroatoms. The Balaban J connectivity index is 1.80. The number of furan rings is 1. The molecule has 0 N–H and O–H groups in total. The Morgan fingerprint density at radius 1 is 1.26 bits per heavy atom. The molecule has 0 saturated carbocycles. The van der Waals surface area contributed by atoms with Crippen LogP contribution in [-0.2, 0) is 9.84 Å². The van der Waals surface area contributed by atoms with Gasteiger partial charge in [-0.3, -0.25) is 15.1 Å². The van der Waals surface area contributed by atoms with E-state index in [1.165, 1.54) is 12.3 Å². The van der Waals surface area contributed by atoms with Crippen molar-refractivity contribution in [3.8, 4) is 11.3 Å². The fourth-order valence-corrected chi connectivity index (χ4v) is 4.12. The van der Waals surface area contributed by atoms with Crippen molar-refractivity contribution in [1.82, 2.24) is 0 Å². The maximum Gasteiger partial charge on any atom is 0.280 e. The number of hydrogen-bond donors (Lipinski definition) is 0. The molecule has 3 rings (SSSR count). The van der Waals surface area contributed by atoms with Crippen LogP contribution in [-0.4, -0.2) is 37.1 Å². The number of sulfone groups is 1. The Kier molecular flexibility index (Phi) is 3.99. The van der Waals surface area contributed by atoms with Crippen LogP contribution in [0.1, 0.15) is 12.2 Å². The number of hydrogen-bond acceptors (Lipinski definition) is 6. The molecule has 0 unspecified atom stereocenters. The average molecular weight is 334 g/mol. The van der Waals surface area contributed by atoms with Crippen LogP contribution < -0.4 is 0 Å². The van der Waals surface area contributed by atoms with Gasteiger partial charge < -0.3 is 4.42 Å². The first kappa shape index (κ1) is 15.4. The molecule has 120 valence electrons. The number of nitro groups is 1. The third kappa shape index (κ3) is 3.48. The number of aliphatic imine (C=N–C) groups is 1. The number of para-hydroxylation sites is 1. The van der Waals surface area contributed by atoms with E-state index in [0.717, 1.165) is 0 Å². The van der Waals surface area contributed by atoms with Crippen molar-refractivity contribution in [2.75, 3.05) is 11.5 Å². The summed E-state index contributed by atoms with van der Waals surface area (Å²) in [5.41, 5.74) is 0.354. The second-order valence-electron chi connectivity index (χ2n) is 5.31. The molecule has 23 heavy (non-hydrogen) atoms. The van der Waals surface area contributed by atoms with Gasteiger partial charge in [-0.25, -0.2) is 8.42 Å². The van der Waals surface area contributed by atoms with Gasteiger partial charge in [0.1, 0.15) is 11.5 Å². The lowest BCUT2D eigenvalue weighted by Gasteiger charge is -1.99. The summed E-state index contributed by atoms with van der Waals surface area (Å²) in [7, 11) is -2.97. The molecule has 2 aromatic rings. The average Bonchev–Trinajstić information content (AvgIpc) is 3.11. The van der Waals surface area contributed by atoms with Gasteiger partial charge in [0, 0.05) is 6.07 Å². The summed E-state index contributed by atoms with van der Waals surface area (Å²) in [5.74, 6) is 1.02. The third-order valence-electron chi connectivity index (χ3n) is 3.61. The van der Waals surface area contributed by atoms with Crippen LogP contribution in [0.25, 0.3) is 11.3 Å². The topological polar surface area (TPSA) is 103 Å². The lowest BCUT2D eigenvalue weighted by molar-refractivity contribution is -0.384. The quantitative estimate of drug-likeness (QED) is 0.485. The second kappa shape index (κ2) is 5.96. The van der Waals surface area contributed by atoms with Gasteiger partial charge in [-0.2, -0.15) is 0 Å². The molecule has 1 fully saturated rings. The van der Waals surface area contributed by atoms with Crippen LogP contribution in [0.3, 0.4) is 0 Å². The minimum atomic E-state index is -2.97. The smallest absolute Gasteiger partial charge is 0.280 e. The summed E-state index contributed by atoms with van der Waals surface area (Å²) in [6.45, 7) is 0. The largest absolute Gasteiger partial charge is 0.455 e. The molecule has 1 saturated heterocycles. The van der Waals surface area contributed by atoms with Crippen LogP contribution in [0.4, 0.5) is 5.69 Å². The van der Waals surface area contributed by atoms with E-state index in [0.29, 0.717) is 23.5 Å². The molecule has 0 aliphatic carbocycles. The van der Waals surface area contributed by atoms with Gasteiger partial charge in [0.05, 0.1) is 34.2 Å². The van der Waals surface area contributed by atoms with Gasteiger partial charge in [0.25, 0.3) is 5.69 Å². The van der Waals surface area contributed by atoms with Crippen molar-refractivity contribution in [1.29, 1.82) is 0 Å². The van der Waals surface area contributed by atoms with Crippen molar-refractivity contribution >= 4 is 21.7 Å². The van der Waals surface area contributed by atoms with E-state index in [-0.39, 0.29) is 23.2 Å². The summed E-state index contributed by atoms with van der Waals surface area (Å²) in [6, 6.07) is 9.35. The highest BCUT2D eigenvalue weighted by Gasteiger charge is 2.27. The maximum atomic E-state index is 11.4. The molecule has 1 aliphatic rings. The van der Waals surface area contributed by atoms with Gasteiger partial charge in [-0.15, -0.1) is 0 Å². The van der Waals surface area contributed by atoms with Crippen molar-refractivity contribution in [2.45, 2.75) is 12.5 Å². The Morgan fingerprint density at radius 3 is 2.74 bits per heavy atom. The Morgan fingerprint density at radius 2 is 2.04 bits per heavy atom. The molecule has 1 atom stereocenters. The second-order valence-corrected chi connectivity index (χ2v) is 7.54. The zero-order valence-electron chi connectivity index (χ0n) is 12.1. The molecule has 2 heterocycles. The summed E-state index contributed by atoms with van der Waals surface area (Å²) < 4.78 is 28.3. The van der Waals surface area contributed by atoms with Crippen LogP contribution in [0.2, 0.25) is 0 Å². The molecule has 0 bridgehead atoms. The van der Waals surface area contributed by atoms with Crippen molar-refractivity contribution < 1.29 is 17.8 Å². The first-order valence-electron chi connectivity index (χ1n) is 7.02. The van der Waals surface area contributed by atoms with Crippen molar-refractivity contribution in [2.24, 2.45) is 4.99 Å². The number of rotatable bonds is 4. The first-order chi connectivity index (χ1) is 10.9. The number of nitrogens with zero attached hydrogens (tertiary/aromatic N) is 2. The van der Waals surface area contributed by atoms with E-state index < -0.39 is 14.8 Å². The van der Waals surface area contributed by atoms with E-state index >= 15 is 0 Å². The number of nitro benzene ring substituents is 1.